The van der Waals surface area contributed by atoms with E-state index in [4.69, 9.17) is 0 Å². The van der Waals surface area contributed by atoms with Gasteiger partial charge in [-0.3, -0.25) is 0 Å². The molecule has 0 aliphatic heterocycles. The SMILES string of the molecule is CC(C)(C)c1ccc(-n2c3ccccc3c3cc(/C=C/c4ccc5c(c4)C(C)(C)c4cc6c(cc4-5)C(C)(C)c4cc(/C=C/c5ccc7c(c5)c5ccccc5n7-c5ccccc5)ccc4-6)ccc32)cc1. The van der Waals surface area contributed by atoms with Crippen molar-refractivity contribution in [3.63, 3.8) is 0 Å². The van der Waals surface area contributed by atoms with Crippen molar-refractivity contribution in [3.8, 4) is 33.6 Å². The summed E-state index contributed by atoms with van der Waals surface area (Å²) >= 11 is 0. The molecular formula is C68H56N2. The topological polar surface area (TPSA) is 9.86 Å². The summed E-state index contributed by atoms with van der Waals surface area (Å²) in [6, 6.07) is 70.3. The van der Waals surface area contributed by atoms with Crippen LogP contribution < -0.4 is 0 Å². The Kier molecular flexibility index (Phi) is 9.21. The average molecular weight is 901 g/mol. The van der Waals surface area contributed by atoms with Crippen LogP contribution in [0.5, 0.6) is 0 Å². The van der Waals surface area contributed by atoms with Crippen LogP contribution in [0, 0.1) is 0 Å². The smallest absolute Gasteiger partial charge is 0.0541 e. The molecular weight excluding hydrogens is 845 g/mol. The van der Waals surface area contributed by atoms with E-state index >= 15 is 0 Å². The zero-order valence-corrected chi connectivity index (χ0v) is 41.1. The molecule has 0 spiro atoms. The molecule has 0 bridgehead atoms. The third-order valence-corrected chi connectivity index (χ3v) is 15.9. The first-order valence-corrected chi connectivity index (χ1v) is 24.9. The molecule has 0 radical (unpaired) electrons. The summed E-state index contributed by atoms with van der Waals surface area (Å²) in [5, 5.41) is 5.08. The highest BCUT2D eigenvalue weighted by Gasteiger charge is 2.41. The Morgan fingerprint density at radius 3 is 1.16 bits per heavy atom. The van der Waals surface area contributed by atoms with Gasteiger partial charge >= 0.3 is 0 Å². The number of fused-ring (bicyclic) bond motifs is 12. The second-order valence-electron chi connectivity index (χ2n) is 21.9. The van der Waals surface area contributed by atoms with Crippen LogP contribution in [0.2, 0.25) is 0 Å². The molecule has 11 aromatic rings. The highest BCUT2D eigenvalue weighted by molar-refractivity contribution is 6.11. The third kappa shape index (κ3) is 6.46. The number of hydrogen-bond donors (Lipinski definition) is 0. The maximum Gasteiger partial charge on any atom is 0.0541 e. The molecule has 0 atom stereocenters. The number of benzene rings is 9. The van der Waals surface area contributed by atoms with Crippen molar-refractivity contribution >= 4 is 67.9 Å². The quantitative estimate of drug-likeness (QED) is 0.147. The van der Waals surface area contributed by atoms with E-state index in [1.807, 2.05) is 0 Å². The lowest BCUT2D eigenvalue weighted by Gasteiger charge is -2.24. The molecule has 338 valence electrons. The van der Waals surface area contributed by atoms with Gasteiger partial charge in [0.15, 0.2) is 0 Å². The standard InChI is InChI=1S/C68H56N2/c1-66(2,3)47-29-31-49(32-30-47)70-63-20-14-12-18-53(63)57-38-44(28-36-65(57)70)22-24-46-26-34-51-55-42-60-54(41-61(55)68(6,7)59(51)40-46)50-33-25-45(39-58(50)67(60,4)5)23-21-43-27-35-64-56(37-43)52-17-11-13-19-62(52)69(64)48-15-9-8-10-16-48/h8-42H,1-7H3/b23-21+,24-22+. The van der Waals surface area contributed by atoms with Crippen LogP contribution in [-0.4, -0.2) is 9.13 Å². The van der Waals surface area contributed by atoms with E-state index in [9.17, 15) is 0 Å². The first kappa shape index (κ1) is 42.2. The molecule has 2 heterocycles. The summed E-state index contributed by atoms with van der Waals surface area (Å²) in [6.45, 7) is 16.4. The summed E-state index contributed by atoms with van der Waals surface area (Å²) in [5.41, 5.74) is 24.3. The fraction of sp³-hybridized carbons (Fsp3) is 0.147. The molecule has 0 saturated carbocycles. The molecule has 0 unspecified atom stereocenters. The first-order valence-electron chi connectivity index (χ1n) is 24.9. The summed E-state index contributed by atoms with van der Waals surface area (Å²) in [6.07, 6.45) is 9.13. The molecule has 2 aliphatic carbocycles. The largest absolute Gasteiger partial charge is 0.309 e. The highest BCUT2D eigenvalue weighted by Crippen LogP contribution is 2.56. The van der Waals surface area contributed by atoms with Gasteiger partial charge in [-0.1, -0.05) is 188 Å². The van der Waals surface area contributed by atoms with Crippen molar-refractivity contribution in [3.05, 3.63) is 238 Å². The van der Waals surface area contributed by atoms with Gasteiger partial charge in [0.05, 0.1) is 22.1 Å². The van der Waals surface area contributed by atoms with E-state index in [2.05, 4.69) is 270 Å². The first-order chi connectivity index (χ1) is 33.8. The van der Waals surface area contributed by atoms with Crippen molar-refractivity contribution < 1.29 is 0 Å². The number of aromatic nitrogens is 2. The molecule has 2 heteroatoms. The van der Waals surface area contributed by atoms with Crippen LogP contribution in [0.15, 0.2) is 188 Å². The van der Waals surface area contributed by atoms with Crippen LogP contribution in [0.25, 0.3) is 102 Å². The summed E-state index contributed by atoms with van der Waals surface area (Å²) < 4.78 is 4.78. The van der Waals surface area contributed by atoms with Crippen molar-refractivity contribution in [1.82, 2.24) is 9.13 Å². The van der Waals surface area contributed by atoms with Crippen molar-refractivity contribution in [1.29, 1.82) is 0 Å². The van der Waals surface area contributed by atoms with Crippen LogP contribution >= 0.6 is 0 Å². The molecule has 0 amide bonds. The predicted octanol–water partition coefficient (Wildman–Crippen LogP) is 18.1. The van der Waals surface area contributed by atoms with Crippen molar-refractivity contribution in [2.45, 2.75) is 64.7 Å². The summed E-state index contributed by atoms with van der Waals surface area (Å²) in [5.74, 6) is 0. The van der Waals surface area contributed by atoms with Gasteiger partial charge in [0.2, 0.25) is 0 Å². The molecule has 2 aliphatic rings. The van der Waals surface area contributed by atoms with Gasteiger partial charge in [0, 0.05) is 43.7 Å². The lowest BCUT2D eigenvalue weighted by atomic mass is 9.79. The van der Waals surface area contributed by atoms with Gasteiger partial charge < -0.3 is 9.13 Å². The van der Waals surface area contributed by atoms with Gasteiger partial charge in [-0.25, -0.2) is 0 Å². The summed E-state index contributed by atoms with van der Waals surface area (Å²) in [4.78, 5) is 0. The minimum atomic E-state index is -0.139. The Labute approximate surface area is 411 Å². The Hall–Kier alpha value is -7.94. The maximum atomic E-state index is 2.52. The minimum Gasteiger partial charge on any atom is -0.309 e. The van der Waals surface area contributed by atoms with E-state index < -0.39 is 0 Å². The molecule has 13 rings (SSSR count). The monoisotopic (exact) mass is 900 g/mol. The van der Waals surface area contributed by atoms with Crippen LogP contribution in [0.4, 0.5) is 0 Å². The molecule has 2 nitrogen and oxygen atoms in total. The van der Waals surface area contributed by atoms with E-state index in [1.165, 1.54) is 127 Å². The Morgan fingerprint density at radius 1 is 0.329 bits per heavy atom. The van der Waals surface area contributed by atoms with Crippen LogP contribution in [-0.2, 0) is 16.2 Å². The Bertz CT molecular complexity index is 4010. The van der Waals surface area contributed by atoms with E-state index in [1.54, 1.807) is 0 Å². The highest BCUT2D eigenvalue weighted by atomic mass is 15.0. The number of nitrogens with zero attached hydrogens (tertiary/aromatic N) is 2. The fourth-order valence-corrected chi connectivity index (χ4v) is 12.0. The fourth-order valence-electron chi connectivity index (χ4n) is 12.0. The molecule has 9 aromatic carbocycles. The van der Waals surface area contributed by atoms with Gasteiger partial charge in [-0.2, -0.15) is 0 Å². The average Bonchev–Trinajstić information content (AvgIpc) is 4.02. The molecule has 0 N–H and O–H groups in total. The minimum absolute atomic E-state index is 0.113. The predicted molar refractivity (Wildman–Crippen MR) is 300 cm³/mol. The number of hydrogen-bond acceptors (Lipinski definition) is 0. The molecule has 2 aromatic heterocycles. The summed E-state index contributed by atoms with van der Waals surface area (Å²) in [7, 11) is 0. The normalized spacial score (nSPS) is 14.6. The lowest BCUT2D eigenvalue weighted by Crippen LogP contribution is -2.17. The van der Waals surface area contributed by atoms with E-state index in [0.29, 0.717) is 0 Å². The zero-order valence-electron chi connectivity index (χ0n) is 41.1. The second-order valence-corrected chi connectivity index (χ2v) is 21.9. The number of para-hydroxylation sites is 3. The maximum absolute atomic E-state index is 2.52. The lowest BCUT2D eigenvalue weighted by molar-refractivity contribution is 0.590. The zero-order chi connectivity index (χ0) is 47.7. The molecule has 0 saturated heterocycles. The van der Waals surface area contributed by atoms with E-state index in [0.717, 1.165) is 0 Å². The Morgan fingerprint density at radius 2 is 0.700 bits per heavy atom. The van der Waals surface area contributed by atoms with Crippen LogP contribution in [0.3, 0.4) is 0 Å². The van der Waals surface area contributed by atoms with Gasteiger partial charge in [0.25, 0.3) is 0 Å². The van der Waals surface area contributed by atoms with E-state index in [-0.39, 0.29) is 16.2 Å². The van der Waals surface area contributed by atoms with Crippen LogP contribution in [0.1, 0.15) is 98.5 Å². The van der Waals surface area contributed by atoms with Crippen molar-refractivity contribution in [2.75, 3.05) is 0 Å². The third-order valence-electron chi connectivity index (χ3n) is 15.9. The second kappa shape index (κ2) is 15.3. The van der Waals surface area contributed by atoms with Gasteiger partial charge in [0.1, 0.15) is 0 Å². The molecule has 0 fully saturated rings. The van der Waals surface area contributed by atoms with Gasteiger partial charge in [-0.15, -0.1) is 0 Å². The molecule has 70 heavy (non-hydrogen) atoms. The van der Waals surface area contributed by atoms with Gasteiger partial charge in [-0.05, 0) is 151 Å². The number of rotatable bonds is 6. The Balaban J connectivity index is 0.786. The van der Waals surface area contributed by atoms with Crippen molar-refractivity contribution in [2.24, 2.45) is 0 Å².